The van der Waals surface area contributed by atoms with Crippen LogP contribution in [0.3, 0.4) is 0 Å². The maximum Gasteiger partial charge on any atom is 0.253 e. The number of nitrogens with zero attached hydrogens (tertiary/aromatic N) is 5. The number of ether oxygens (including phenoxy) is 1. The van der Waals surface area contributed by atoms with E-state index in [2.05, 4.69) is 64.5 Å². The van der Waals surface area contributed by atoms with Gasteiger partial charge in [0.25, 0.3) is 5.91 Å². The fourth-order valence-electron chi connectivity index (χ4n) is 5.60. The van der Waals surface area contributed by atoms with Gasteiger partial charge in [-0.25, -0.2) is 4.68 Å². The summed E-state index contributed by atoms with van der Waals surface area (Å²) in [6, 6.07) is 28.4. The minimum Gasteiger partial charge on any atom is -0.493 e. The molecule has 1 aliphatic rings. The predicted molar refractivity (Wildman–Crippen MR) is 161 cm³/mol. The van der Waals surface area contributed by atoms with Gasteiger partial charge in [-0.15, -0.1) is 0 Å². The molecule has 1 saturated heterocycles. The fourth-order valence-corrected chi connectivity index (χ4v) is 5.60. The largest absolute Gasteiger partial charge is 0.493 e. The van der Waals surface area contributed by atoms with E-state index < -0.39 is 0 Å². The Morgan fingerprint density at radius 1 is 0.951 bits per heavy atom. The number of fused-ring (bicyclic) bond motifs is 1. The first kappa shape index (κ1) is 26.7. The van der Waals surface area contributed by atoms with E-state index in [0.29, 0.717) is 24.6 Å². The van der Waals surface area contributed by atoms with Crippen LogP contribution >= 0.6 is 0 Å². The Kier molecular flexibility index (Phi) is 8.05. The Morgan fingerprint density at radius 3 is 2.63 bits per heavy atom. The van der Waals surface area contributed by atoms with Gasteiger partial charge in [0, 0.05) is 61.6 Å². The van der Waals surface area contributed by atoms with E-state index in [1.54, 1.807) is 10.9 Å². The van der Waals surface area contributed by atoms with E-state index in [1.165, 1.54) is 16.5 Å². The van der Waals surface area contributed by atoms with Crippen molar-refractivity contribution in [3.63, 3.8) is 0 Å². The molecule has 6 rings (SSSR count). The average Bonchev–Trinajstić information content (AvgIpc) is 3.55. The number of rotatable bonds is 9. The molecule has 3 heterocycles. The molecule has 0 saturated carbocycles. The van der Waals surface area contributed by atoms with Gasteiger partial charge < -0.3 is 9.64 Å². The molecule has 1 atom stereocenters. The molecule has 2 aromatic heterocycles. The van der Waals surface area contributed by atoms with Gasteiger partial charge in [0.1, 0.15) is 5.75 Å². The summed E-state index contributed by atoms with van der Waals surface area (Å²) in [5.41, 5.74) is 5.15. The van der Waals surface area contributed by atoms with Crippen LogP contribution in [0.4, 0.5) is 0 Å². The smallest absolute Gasteiger partial charge is 0.253 e. The predicted octanol–water partition coefficient (Wildman–Crippen LogP) is 5.98. The zero-order chi connectivity index (χ0) is 28.0. The molecule has 208 valence electrons. The van der Waals surface area contributed by atoms with Crippen molar-refractivity contribution >= 4 is 16.8 Å². The van der Waals surface area contributed by atoms with E-state index in [1.807, 2.05) is 59.8 Å². The second-order valence-electron chi connectivity index (χ2n) is 10.9. The molecule has 0 N–H and O–H groups in total. The zero-order valence-electron chi connectivity index (χ0n) is 23.4. The van der Waals surface area contributed by atoms with Gasteiger partial charge in [-0.05, 0) is 91.7 Å². The maximum atomic E-state index is 13.2. The average molecular weight is 546 g/mol. The highest BCUT2D eigenvalue weighted by Crippen LogP contribution is 2.23. The summed E-state index contributed by atoms with van der Waals surface area (Å²) in [4.78, 5) is 21.9. The highest BCUT2D eigenvalue weighted by atomic mass is 16.5. The zero-order valence-corrected chi connectivity index (χ0v) is 23.4. The lowest BCUT2D eigenvalue weighted by Gasteiger charge is -2.32. The van der Waals surface area contributed by atoms with E-state index in [-0.39, 0.29) is 5.91 Å². The van der Waals surface area contributed by atoms with Crippen LogP contribution in [-0.4, -0.2) is 57.2 Å². The standard InChI is InChI=1S/C34H35N5O2/c1-37(23-27-10-15-33-30(20-27)8-3-16-35-33)22-26-6-2-9-32(21-26)41-25-28-7-4-18-38(24-28)34(40)29-11-13-31(14-12-29)39-19-5-17-36-39/h2-3,5-6,8-17,19-21,28H,4,7,18,22-25H2,1H3. The van der Waals surface area contributed by atoms with Crippen LogP contribution in [0.15, 0.2) is 104 Å². The van der Waals surface area contributed by atoms with Gasteiger partial charge in [0.05, 0.1) is 17.8 Å². The number of aromatic nitrogens is 3. The Morgan fingerprint density at radius 2 is 1.80 bits per heavy atom. The number of amides is 1. The molecule has 5 aromatic rings. The number of carbonyl (C=O) groups is 1. The van der Waals surface area contributed by atoms with Crippen molar-refractivity contribution in [1.82, 2.24) is 24.6 Å². The lowest BCUT2D eigenvalue weighted by atomic mass is 9.98. The second kappa shape index (κ2) is 12.4. The maximum absolute atomic E-state index is 13.2. The molecule has 0 aliphatic carbocycles. The summed E-state index contributed by atoms with van der Waals surface area (Å²) in [5, 5.41) is 5.42. The van der Waals surface area contributed by atoms with Gasteiger partial charge >= 0.3 is 0 Å². The molecule has 1 aliphatic heterocycles. The second-order valence-corrected chi connectivity index (χ2v) is 10.9. The molecule has 7 heteroatoms. The third-order valence-corrected chi connectivity index (χ3v) is 7.65. The lowest BCUT2D eigenvalue weighted by Crippen LogP contribution is -2.41. The lowest BCUT2D eigenvalue weighted by molar-refractivity contribution is 0.0633. The summed E-state index contributed by atoms with van der Waals surface area (Å²) >= 11 is 0. The fraction of sp³-hybridized carbons (Fsp3) is 0.265. The van der Waals surface area contributed by atoms with Crippen molar-refractivity contribution in [2.45, 2.75) is 25.9 Å². The van der Waals surface area contributed by atoms with Gasteiger partial charge in [0.15, 0.2) is 0 Å². The molecule has 0 radical (unpaired) electrons. The summed E-state index contributed by atoms with van der Waals surface area (Å²) in [6.45, 7) is 3.78. The number of hydrogen-bond acceptors (Lipinski definition) is 5. The molecule has 1 unspecified atom stereocenters. The van der Waals surface area contributed by atoms with Crippen LogP contribution in [0.25, 0.3) is 16.6 Å². The van der Waals surface area contributed by atoms with Crippen molar-refractivity contribution in [3.05, 3.63) is 120 Å². The Hall–Kier alpha value is -4.49. The van der Waals surface area contributed by atoms with Crippen LogP contribution < -0.4 is 4.74 Å². The molecule has 0 bridgehead atoms. The van der Waals surface area contributed by atoms with Crippen molar-refractivity contribution in [1.29, 1.82) is 0 Å². The third-order valence-electron chi connectivity index (χ3n) is 7.65. The highest BCUT2D eigenvalue weighted by Gasteiger charge is 2.25. The number of carbonyl (C=O) groups excluding carboxylic acids is 1. The first-order chi connectivity index (χ1) is 20.1. The highest BCUT2D eigenvalue weighted by molar-refractivity contribution is 5.94. The summed E-state index contributed by atoms with van der Waals surface area (Å²) in [6.07, 6.45) is 7.52. The summed E-state index contributed by atoms with van der Waals surface area (Å²) < 4.78 is 8.04. The number of benzene rings is 3. The van der Waals surface area contributed by atoms with Crippen LogP contribution in [0.2, 0.25) is 0 Å². The molecule has 41 heavy (non-hydrogen) atoms. The van der Waals surface area contributed by atoms with Gasteiger partial charge in [-0.2, -0.15) is 5.10 Å². The van der Waals surface area contributed by atoms with Crippen molar-refractivity contribution in [2.24, 2.45) is 5.92 Å². The Balaban J connectivity index is 1.01. The molecule has 7 nitrogen and oxygen atoms in total. The minimum absolute atomic E-state index is 0.0782. The molecule has 1 fully saturated rings. The Bertz CT molecular complexity index is 1600. The van der Waals surface area contributed by atoms with Crippen molar-refractivity contribution in [3.8, 4) is 11.4 Å². The monoisotopic (exact) mass is 545 g/mol. The molecule has 3 aromatic carbocycles. The third kappa shape index (κ3) is 6.64. The van der Waals surface area contributed by atoms with E-state index in [9.17, 15) is 4.79 Å². The summed E-state index contributed by atoms with van der Waals surface area (Å²) in [5.74, 6) is 1.27. The van der Waals surface area contributed by atoms with Crippen LogP contribution in [0, 0.1) is 5.92 Å². The van der Waals surface area contributed by atoms with Gasteiger partial charge in [-0.3, -0.25) is 14.7 Å². The van der Waals surface area contributed by atoms with Crippen molar-refractivity contribution in [2.75, 3.05) is 26.7 Å². The molecule has 1 amide bonds. The number of hydrogen-bond donors (Lipinski definition) is 0. The first-order valence-corrected chi connectivity index (χ1v) is 14.2. The van der Waals surface area contributed by atoms with Crippen molar-refractivity contribution < 1.29 is 9.53 Å². The molecular formula is C34H35N5O2. The SMILES string of the molecule is CN(Cc1cccc(OCC2CCCN(C(=O)c3ccc(-n4cccn4)cc3)C2)c1)Cc1ccc2ncccc2c1. The van der Waals surface area contributed by atoms with Crippen LogP contribution in [0.1, 0.15) is 34.3 Å². The Labute approximate surface area is 241 Å². The quantitative estimate of drug-likeness (QED) is 0.228. The number of piperidine rings is 1. The van der Waals surface area contributed by atoms with Crippen LogP contribution in [-0.2, 0) is 13.1 Å². The van der Waals surface area contributed by atoms with Gasteiger partial charge in [0.2, 0.25) is 0 Å². The normalized spacial score (nSPS) is 15.4. The molecule has 0 spiro atoms. The van der Waals surface area contributed by atoms with Crippen LogP contribution in [0.5, 0.6) is 5.75 Å². The summed E-state index contributed by atoms with van der Waals surface area (Å²) in [7, 11) is 2.14. The van der Waals surface area contributed by atoms with E-state index >= 15 is 0 Å². The van der Waals surface area contributed by atoms with E-state index in [4.69, 9.17) is 4.74 Å². The topological polar surface area (TPSA) is 63.5 Å². The van der Waals surface area contributed by atoms with Gasteiger partial charge in [-0.1, -0.05) is 24.3 Å². The first-order valence-electron chi connectivity index (χ1n) is 14.2. The number of likely N-dealkylation sites (tertiary alicyclic amines) is 1. The molecular weight excluding hydrogens is 510 g/mol. The number of pyridine rings is 1. The minimum atomic E-state index is 0.0782. The van der Waals surface area contributed by atoms with E-state index in [0.717, 1.165) is 49.4 Å².